The van der Waals surface area contributed by atoms with Gasteiger partial charge >= 0.3 is 0 Å². The lowest BCUT2D eigenvalue weighted by Gasteiger charge is -2.24. The van der Waals surface area contributed by atoms with Crippen molar-refractivity contribution in [3.05, 3.63) is 98.7 Å². The number of pyridine rings is 1. The molecule has 0 saturated carbocycles. The molecule has 0 fully saturated rings. The molecule has 0 radical (unpaired) electrons. The summed E-state index contributed by atoms with van der Waals surface area (Å²) in [7, 11) is 0. The number of carbonyl (C=O) groups excluding carboxylic acids is 1. The minimum absolute atomic E-state index is 0.0680. The maximum Gasteiger partial charge on any atom is 0.296 e. The van der Waals surface area contributed by atoms with E-state index in [1.165, 1.54) is 23.2 Å². The molecule has 32 heavy (non-hydrogen) atoms. The van der Waals surface area contributed by atoms with E-state index < -0.39 is 23.2 Å². The number of fused-ring (bicyclic) bond motifs is 2. The number of hydrogen-bond acceptors (Lipinski definition) is 5. The lowest BCUT2D eigenvalue weighted by molar-refractivity contribution is 0.0970. The summed E-state index contributed by atoms with van der Waals surface area (Å²) in [5, 5.41) is 0.476. The molecule has 1 aliphatic heterocycles. The second-order valence-electron chi connectivity index (χ2n) is 7.23. The lowest BCUT2D eigenvalue weighted by Crippen LogP contribution is -2.30. The Morgan fingerprint density at radius 3 is 2.59 bits per heavy atom. The first-order chi connectivity index (χ1) is 15.5. The fraction of sp³-hybridized carbons (Fsp3) is 0.125. The molecule has 3 heterocycles. The average Bonchev–Trinajstić information content (AvgIpc) is 3.08. The molecule has 0 spiro atoms. The van der Waals surface area contributed by atoms with Crippen molar-refractivity contribution in [3.63, 3.8) is 0 Å². The summed E-state index contributed by atoms with van der Waals surface area (Å²) in [6.07, 6.45) is 1.42. The Labute approximate surface area is 186 Å². The topological polar surface area (TPSA) is 72.6 Å². The van der Waals surface area contributed by atoms with E-state index in [1.54, 1.807) is 36.4 Å². The van der Waals surface area contributed by atoms with Crippen LogP contribution in [0.2, 0.25) is 5.02 Å². The minimum Gasteiger partial charge on any atom is -0.494 e. The molecule has 0 saturated heterocycles. The van der Waals surface area contributed by atoms with Crippen molar-refractivity contribution >= 4 is 34.3 Å². The number of carbonyl (C=O) groups is 1. The van der Waals surface area contributed by atoms with E-state index in [0.717, 1.165) is 6.07 Å². The standard InChI is InChI=1S/C24H16ClFN2O4/c1-2-31-16-7-3-13(4-8-16)21-20-22(29)17-11-15(26)6-9-18(17)32-23(20)24(30)28(21)19-10-5-14(25)12-27-19/h3-12,21H,2H2,1H3. The molecule has 1 amide bonds. The number of rotatable bonds is 4. The van der Waals surface area contributed by atoms with Crippen molar-refractivity contribution in [2.45, 2.75) is 13.0 Å². The number of benzene rings is 2. The monoisotopic (exact) mass is 450 g/mol. The zero-order valence-electron chi connectivity index (χ0n) is 16.8. The lowest BCUT2D eigenvalue weighted by atomic mass is 9.98. The smallest absolute Gasteiger partial charge is 0.296 e. The highest BCUT2D eigenvalue weighted by molar-refractivity contribution is 6.30. The third-order valence-electron chi connectivity index (χ3n) is 5.30. The number of ether oxygens (including phenoxy) is 1. The Hall–Kier alpha value is -3.71. The van der Waals surface area contributed by atoms with E-state index in [-0.39, 0.29) is 22.3 Å². The third kappa shape index (κ3) is 3.22. The van der Waals surface area contributed by atoms with Crippen LogP contribution in [0.15, 0.2) is 70.0 Å². The fourth-order valence-electron chi connectivity index (χ4n) is 3.92. The summed E-state index contributed by atoms with van der Waals surface area (Å²) < 4.78 is 25.2. The second-order valence-corrected chi connectivity index (χ2v) is 7.67. The average molecular weight is 451 g/mol. The molecule has 0 N–H and O–H groups in total. The fourth-order valence-corrected chi connectivity index (χ4v) is 4.03. The zero-order chi connectivity index (χ0) is 22.4. The minimum atomic E-state index is -0.814. The van der Waals surface area contributed by atoms with Crippen LogP contribution in [-0.4, -0.2) is 17.5 Å². The van der Waals surface area contributed by atoms with Gasteiger partial charge in [0.25, 0.3) is 5.91 Å². The van der Waals surface area contributed by atoms with E-state index in [0.29, 0.717) is 28.8 Å². The van der Waals surface area contributed by atoms with Gasteiger partial charge in [0.2, 0.25) is 5.76 Å². The van der Waals surface area contributed by atoms with Gasteiger partial charge in [-0.05, 0) is 55.0 Å². The molecule has 8 heteroatoms. The van der Waals surface area contributed by atoms with Gasteiger partial charge in [-0.3, -0.25) is 14.5 Å². The molecular formula is C24H16ClFN2O4. The van der Waals surface area contributed by atoms with Crippen molar-refractivity contribution in [1.82, 2.24) is 4.98 Å². The summed E-state index contributed by atoms with van der Waals surface area (Å²) in [4.78, 5) is 32.5. The first-order valence-corrected chi connectivity index (χ1v) is 10.3. The van der Waals surface area contributed by atoms with Crippen LogP contribution in [0.4, 0.5) is 10.2 Å². The van der Waals surface area contributed by atoms with E-state index in [1.807, 2.05) is 6.92 Å². The van der Waals surface area contributed by atoms with Gasteiger partial charge in [0.15, 0.2) is 5.43 Å². The molecular weight excluding hydrogens is 435 g/mol. The third-order valence-corrected chi connectivity index (χ3v) is 5.52. The van der Waals surface area contributed by atoms with Crippen LogP contribution < -0.4 is 15.1 Å². The Balaban J connectivity index is 1.76. The van der Waals surface area contributed by atoms with Gasteiger partial charge in [0, 0.05) is 6.20 Å². The van der Waals surface area contributed by atoms with Gasteiger partial charge in [-0.25, -0.2) is 9.37 Å². The molecule has 160 valence electrons. The molecule has 1 unspecified atom stereocenters. The Bertz CT molecular complexity index is 1400. The number of nitrogens with zero attached hydrogens (tertiary/aromatic N) is 2. The van der Waals surface area contributed by atoms with E-state index in [9.17, 15) is 14.0 Å². The molecule has 4 aromatic rings. The predicted molar refractivity (Wildman–Crippen MR) is 118 cm³/mol. The van der Waals surface area contributed by atoms with Gasteiger partial charge in [-0.1, -0.05) is 23.7 Å². The molecule has 1 atom stereocenters. The van der Waals surface area contributed by atoms with Crippen molar-refractivity contribution in [2.24, 2.45) is 0 Å². The van der Waals surface area contributed by atoms with Gasteiger partial charge in [0.05, 0.1) is 28.6 Å². The number of anilines is 1. The molecule has 2 aromatic carbocycles. The summed E-state index contributed by atoms with van der Waals surface area (Å²) >= 11 is 5.97. The van der Waals surface area contributed by atoms with E-state index in [2.05, 4.69) is 4.98 Å². The number of aromatic nitrogens is 1. The molecule has 1 aliphatic rings. The highest BCUT2D eigenvalue weighted by Crippen LogP contribution is 2.41. The Morgan fingerprint density at radius 1 is 1.12 bits per heavy atom. The maximum absolute atomic E-state index is 13.9. The van der Waals surface area contributed by atoms with Crippen molar-refractivity contribution in [3.8, 4) is 5.75 Å². The van der Waals surface area contributed by atoms with Gasteiger partial charge in [-0.15, -0.1) is 0 Å². The number of amides is 1. The van der Waals surface area contributed by atoms with Crippen molar-refractivity contribution in [2.75, 3.05) is 11.5 Å². The van der Waals surface area contributed by atoms with Crippen LogP contribution in [0, 0.1) is 5.82 Å². The molecule has 2 aromatic heterocycles. The molecule has 6 nitrogen and oxygen atoms in total. The van der Waals surface area contributed by atoms with E-state index in [4.69, 9.17) is 20.8 Å². The first-order valence-electron chi connectivity index (χ1n) is 9.92. The highest BCUT2D eigenvalue weighted by Gasteiger charge is 2.44. The largest absolute Gasteiger partial charge is 0.494 e. The van der Waals surface area contributed by atoms with Gasteiger partial charge in [-0.2, -0.15) is 0 Å². The summed E-state index contributed by atoms with van der Waals surface area (Å²) in [6.45, 7) is 2.38. The molecule has 0 aliphatic carbocycles. The summed E-state index contributed by atoms with van der Waals surface area (Å²) in [5.74, 6) is -0.214. The molecule has 5 rings (SSSR count). The van der Waals surface area contributed by atoms with Crippen LogP contribution in [0.25, 0.3) is 11.0 Å². The van der Waals surface area contributed by atoms with Crippen molar-refractivity contribution in [1.29, 1.82) is 0 Å². The van der Waals surface area contributed by atoms with Crippen LogP contribution in [-0.2, 0) is 0 Å². The van der Waals surface area contributed by atoms with Crippen LogP contribution >= 0.6 is 11.6 Å². The quantitative estimate of drug-likeness (QED) is 0.431. The van der Waals surface area contributed by atoms with Crippen LogP contribution in [0.1, 0.15) is 34.6 Å². The van der Waals surface area contributed by atoms with Crippen LogP contribution in [0.5, 0.6) is 5.75 Å². The first kappa shape index (κ1) is 20.2. The SMILES string of the molecule is CCOc1ccc(C2c3c(oc4ccc(F)cc4c3=O)C(=O)N2c2ccc(Cl)cn2)cc1. The van der Waals surface area contributed by atoms with Gasteiger partial charge in [0.1, 0.15) is 23.0 Å². The summed E-state index contributed by atoms with van der Waals surface area (Å²) in [5.41, 5.74) is 0.457. The zero-order valence-corrected chi connectivity index (χ0v) is 17.6. The second kappa shape index (κ2) is 7.76. The van der Waals surface area contributed by atoms with Crippen molar-refractivity contribution < 1.29 is 18.3 Å². The highest BCUT2D eigenvalue weighted by atomic mass is 35.5. The number of hydrogen-bond donors (Lipinski definition) is 0. The summed E-state index contributed by atoms with van der Waals surface area (Å²) in [6, 6.07) is 13.1. The molecule has 0 bridgehead atoms. The van der Waals surface area contributed by atoms with Crippen LogP contribution in [0.3, 0.4) is 0 Å². The maximum atomic E-state index is 13.9. The van der Waals surface area contributed by atoms with Gasteiger partial charge < -0.3 is 9.15 Å². The normalized spacial score (nSPS) is 15.3. The van der Waals surface area contributed by atoms with E-state index >= 15 is 0 Å². The number of halogens is 2. The Morgan fingerprint density at radius 2 is 1.91 bits per heavy atom. The predicted octanol–water partition coefficient (Wildman–Crippen LogP) is 5.13. The Kier molecular flexibility index (Phi) is 4.90.